The molecule has 0 bridgehead atoms. The average Bonchev–Trinajstić information content (AvgIpc) is 3.25. The van der Waals surface area contributed by atoms with Gasteiger partial charge in [-0.25, -0.2) is 0 Å². The van der Waals surface area contributed by atoms with Crippen LogP contribution in [0.4, 0.5) is 5.69 Å². The molecule has 0 unspecified atom stereocenters. The zero-order valence-electron chi connectivity index (χ0n) is 16.5. The van der Waals surface area contributed by atoms with Gasteiger partial charge in [-0.2, -0.15) is 0 Å². The standard InChI is InChI=1S/C22H20N4O4/c1-28-18-11-14-7-4-3-6-13(14)10-16(18)22-26-25-19(30-22)12-24-17-9-5-8-15(21(23)27)20(17)29-2/h3-11,24H,12H2,1-2H3,(H2,23,27). The molecule has 0 aliphatic rings. The molecule has 0 radical (unpaired) electrons. The molecular weight excluding hydrogens is 384 g/mol. The Morgan fingerprint density at radius 2 is 1.80 bits per heavy atom. The topological polar surface area (TPSA) is 112 Å². The number of amides is 1. The van der Waals surface area contributed by atoms with Crippen molar-refractivity contribution in [2.45, 2.75) is 6.54 Å². The van der Waals surface area contributed by atoms with E-state index in [2.05, 4.69) is 15.5 Å². The van der Waals surface area contributed by atoms with Crippen LogP contribution in [-0.2, 0) is 6.54 Å². The average molecular weight is 404 g/mol. The van der Waals surface area contributed by atoms with Crippen LogP contribution in [0.15, 0.2) is 59.0 Å². The number of fused-ring (bicyclic) bond motifs is 1. The van der Waals surface area contributed by atoms with E-state index in [1.54, 1.807) is 25.3 Å². The number of carbonyl (C=O) groups excluding carboxylic acids is 1. The van der Waals surface area contributed by atoms with E-state index in [1.807, 2.05) is 36.4 Å². The lowest BCUT2D eigenvalue weighted by Crippen LogP contribution is -2.13. The maximum absolute atomic E-state index is 11.6. The van der Waals surface area contributed by atoms with Gasteiger partial charge in [0.25, 0.3) is 11.8 Å². The minimum atomic E-state index is -0.570. The molecule has 1 amide bonds. The SMILES string of the molecule is COc1cc2ccccc2cc1-c1nnc(CNc2cccc(C(N)=O)c2OC)o1. The van der Waals surface area contributed by atoms with Gasteiger partial charge in [0.2, 0.25) is 5.89 Å². The number of carbonyl (C=O) groups is 1. The summed E-state index contributed by atoms with van der Waals surface area (Å²) in [6, 6.07) is 16.9. The molecule has 0 saturated heterocycles. The van der Waals surface area contributed by atoms with Gasteiger partial charge < -0.3 is 24.9 Å². The fourth-order valence-electron chi connectivity index (χ4n) is 3.25. The third kappa shape index (κ3) is 3.62. The van der Waals surface area contributed by atoms with Gasteiger partial charge in [-0.15, -0.1) is 10.2 Å². The van der Waals surface area contributed by atoms with Crippen molar-refractivity contribution in [3.05, 3.63) is 66.1 Å². The number of nitrogens with two attached hydrogens (primary N) is 1. The molecule has 3 aromatic carbocycles. The van der Waals surface area contributed by atoms with Crippen LogP contribution in [0, 0.1) is 0 Å². The second-order valence-corrected chi connectivity index (χ2v) is 6.50. The van der Waals surface area contributed by atoms with E-state index in [-0.39, 0.29) is 12.1 Å². The van der Waals surface area contributed by atoms with Crippen molar-refractivity contribution < 1.29 is 18.7 Å². The van der Waals surface area contributed by atoms with E-state index < -0.39 is 5.91 Å². The maximum atomic E-state index is 11.6. The summed E-state index contributed by atoms with van der Waals surface area (Å²) in [7, 11) is 3.08. The molecule has 1 heterocycles. The number of primary amides is 1. The van der Waals surface area contributed by atoms with Crippen molar-refractivity contribution >= 4 is 22.4 Å². The fourth-order valence-corrected chi connectivity index (χ4v) is 3.25. The van der Waals surface area contributed by atoms with E-state index >= 15 is 0 Å². The molecule has 4 rings (SSSR count). The van der Waals surface area contributed by atoms with Gasteiger partial charge in [0.15, 0.2) is 5.75 Å². The number of benzene rings is 3. The molecule has 0 saturated carbocycles. The van der Waals surface area contributed by atoms with E-state index in [9.17, 15) is 4.79 Å². The number of para-hydroxylation sites is 1. The molecule has 8 nitrogen and oxygen atoms in total. The molecule has 0 aliphatic carbocycles. The maximum Gasteiger partial charge on any atom is 0.252 e. The Morgan fingerprint density at radius 1 is 1.03 bits per heavy atom. The molecule has 0 atom stereocenters. The van der Waals surface area contributed by atoms with Crippen LogP contribution in [0.1, 0.15) is 16.2 Å². The first kappa shape index (κ1) is 19.3. The second kappa shape index (κ2) is 8.12. The van der Waals surface area contributed by atoms with Gasteiger partial charge >= 0.3 is 0 Å². The highest BCUT2D eigenvalue weighted by atomic mass is 16.5. The van der Waals surface area contributed by atoms with Gasteiger partial charge in [0, 0.05) is 0 Å². The van der Waals surface area contributed by atoms with Crippen LogP contribution in [0.25, 0.3) is 22.2 Å². The van der Waals surface area contributed by atoms with E-state index in [4.69, 9.17) is 19.6 Å². The zero-order valence-corrected chi connectivity index (χ0v) is 16.5. The molecule has 0 spiro atoms. The Bertz CT molecular complexity index is 1220. The summed E-state index contributed by atoms with van der Waals surface area (Å²) in [4.78, 5) is 11.6. The van der Waals surface area contributed by atoms with Crippen LogP contribution >= 0.6 is 0 Å². The first-order chi connectivity index (χ1) is 14.6. The van der Waals surface area contributed by atoms with Gasteiger partial charge in [0.05, 0.1) is 37.6 Å². The Hall–Kier alpha value is -4.07. The summed E-state index contributed by atoms with van der Waals surface area (Å²) in [5, 5.41) is 13.5. The quantitative estimate of drug-likeness (QED) is 0.484. The van der Waals surface area contributed by atoms with Crippen LogP contribution in [0.2, 0.25) is 0 Å². The number of rotatable bonds is 7. The van der Waals surface area contributed by atoms with Crippen molar-refractivity contribution in [3.8, 4) is 23.0 Å². The summed E-state index contributed by atoms with van der Waals surface area (Å²) < 4.78 is 16.7. The predicted molar refractivity (Wildman–Crippen MR) is 113 cm³/mol. The summed E-state index contributed by atoms with van der Waals surface area (Å²) >= 11 is 0. The number of nitrogens with one attached hydrogen (secondary N) is 1. The summed E-state index contributed by atoms with van der Waals surface area (Å²) in [6.07, 6.45) is 0. The number of hydrogen-bond donors (Lipinski definition) is 2. The number of nitrogens with zero attached hydrogens (tertiary/aromatic N) is 2. The molecular formula is C22H20N4O4. The molecule has 30 heavy (non-hydrogen) atoms. The molecule has 4 aromatic rings. The minimum Gasteiger partial charge on any atom is -0.496 e. The van der Waals surface area contributed by atoms with Crippen LogP contribution in [0.5, 0.6) is 11.5 Å². The van der Waals surface area contributed by atoms with Crippen molar-refractivity contribution in [3.63, 3.8) is 0 Å². The monoisotopic (exact) mass is 404 g/mol. The molecule has 3 N–H and O–H groups in total. The van der Waals surface area contributed by atoms with Crippen LogP contribution < -0.4 is 20.5 Å². The van der Waals surface area contributed by atoms with Crippen LogP contribution in [-0.4, -0.2) is 30.3 Å². The highest BCUT2D eigenvalue weighted by molar-refractivity contribution is 5.97. The van der Waals surface area contributed by atoms with Gasteiger partial charge in [-0.05, 0) is 35.0 Å². The smallest absolute Gasteiger partial charge is 0.252 e. The lowest BCUT2D eigenvalue weighted by Gasteiger charge is -2.12. The fraction of sp³-hybridized carbons (Fsp3) is 0.136. The van der Waals surface area contributed by atoms with Gasteiger partial charge in [0.1, 0.15) is 5.75 Å². The highest BCUT2D eigenvalue weighted by Gasteiger charge is 2.17. The van der Waals surface area contributed by atoms with E-state index in [0.717, 1.165) is 10.8 Å². The van der Waals surface area contributed by atoms with Gasteiger partial charge in [-0.3, -0.25) is 4.79 Å². The Morgan fingerprint density at radius 3 is 2.50 bits per heavy atom. The van der Waals surface area contributed by atoms with Crippen molar-refractivity contribution in [1.82, 2.24) is 10.2 Å². The highest BCUT2D eigenvalue weighted by Crippen LogP contribution is 2.34. The molecule has 8 heteroatoms. The Balaban J connectivity index is 1.60. The third-order valence-electron chi connectivity index (χ3n) is 4.68. The Kier molecular flexibility index (Phi) is 5.21. The number of aromatic nitrogens is 2. The first-order valence-electron chi connectivity index (χ1n) is 9.21. The number of methoxy groups -OCH3 is 2. The third-order valence-corrected chi connectivity index (χ3v) is 4.68. The van der Waals surface area contributed by atoms with Crippen LogP contribution in [0.3, 0.4) is 0 Å². The second-order valence-electron chi connectivity index (χ2n) is 6.50. The number of hydrogen-bond acceptors (Lipinski definition) is 7. The predicted octanol–water partition coefficient (Wildman–Crippen LogP) is 3.62. The van der Waals surface area contributed by atoms with Crippen molar-refractivity contribution in [2.24, 2.45) is 5.73 Å². The summed E-state index contributed by atoms with van der Waals surface area (Å²) in [5.41, 5.74) is 6.99. The lowest BCUT2D eigenvalue weighted by atomic mass is 10.1. The van der Waals surface area contributed by atoms with E-state index in [0.29, 0.717) is 34.5 Å². The normalized spacial score (nSPS) is 10.7. The molecule has 0 fully saturated rings. The van der Waals surface area contributed by atoms with Crippen molar-refractivity contribution in [1.29, 1.82) is 0 Å². The first-order valence-corrected chi connectivity index (χ1v) is 9.21. The molecule has 0 aliphatic heterocycles. The molecule has 152 valence electrons. The van der Waals surface area contributed by atoms with Gasteiger partial charge in [-0.1, -0.05) is 30.3 Å². The van der Waals surface area contributed by atoms with E-state index in [1.165, 1.54) is 7.11 Å². The Labute approximate surface area is 172 Å². The molecule has 1 aromatic heterocycles. The minimum absolute atomic E-state index is 0.238. The lowest BCUT2D eigenvalue weighted by molar-refractivity contribution is 0.0997. The number of ether oxygens (including phenoxy) is 2. The zero-order chi connectivity index (χ0) is 21.1. The van der Waals surface area contributed by atoms with Crippen molar-refractivity contribution in [2.75, 3.05) is 19.5 Å². The summed E-state index contributed by atoms with van der Waals surface area (Å²) in [5.74, 6) is 1.16. The number of anilines is 1. The largest absolute Gasteiger partial charge is 0.496 e. The summed E-state index contributed by atoms with van der Waals surface area (Å²) in [6.45, 7) is 0.238.